The number of aliphatic carboxylic acids is 1. The summed E-state index contributed by atoms with van der Waals surface area (Å²) in [5.41, 5.74) is 0. The van der Waals surface area contributed by atoms with Gasteiger partial charge in [0.15, 0.2) is 0 Å². The molecule has 3 saturated carbocycles. The first-order valence-electron chi connectivity index (χ1n) is 6.74. The highest BCUT2D eigenvalue weighted by molar-refractivity contribution is 5.72. The SMILES string of the molecule is O=C(O)C1C2CCC(C2)C1NC1CCCC1. The summed E-state index contributed by atoms with van der Waals surface area (Å²) in [4.78, 5) is 11.3. The molecule has 3 aliphatic carbocycles. The quantitative estimate of drug-likeness (QED) is 0.769. The minimum atomic E-state index is -0.567. The standard InChI is InChI=1S/C13H21NO2/c15-13(16)11-8-5-6-9(7-8)12(11)14-10-3-1-2-4-10/h8-12,14H,1-7H2,(H,15,16). The Labute approximate surface area is 96.6 Å². The molecule has 0 spiro atoms. The van der Waals surface area contributed by atoms with Crippen LogP contribution >= 0.6 is 0 Å². The lowest BCUT2D eigenvalue weighted by Gasteiger charge is -2.31. The van der Waals surface area contributed by atoms with Crippen molar-refractivity contribution in [3.8, 4) is 0 Å². The van der Waals surface area contributed by atoms with Crippen LogP contribution in [0.15, 0.2) is 0 Å². The topological polar surface area (TPSA) is 49.3 Å². The Kier molecular flexibility index (Phi) is 2.66. The van der Waals surface area contributed by atoms with Gasteiger partial charge in [-0.15, -0.1) is 0 Å². The number of fused-ring (bicyclic) bond motifs is 2. The summed E-state index contributed by atoms with van der Waals surface area (Å²) in [7, 11) is 0. The van der Waals surface area contributed by atoms with E-state index in [9.17, 15) is 9.90 Å². The Morgan fingerprint density at radius 2 is 1.75 bits per heavy atom. The van der Waals surface area contributed by atoms with Crippen LogP contribution in [0.25, 0.3) is 0 Å². The summed E-state index contributed by atoms with van der Waals surface area (Å²) in [5.74, 6) is 0.440. The smallest absolute Gasteiger partial charge is 0.308 e. The number of carboxylic acid groups (broad SMARTS) is 1. The monoisotopic (exact) mass is 223 g/mol. The van der Waals surface area contributed by atoms with Crippen molar-refractivity contribution < 1.29 is 9.90 Å². The molecular formula is C13H21NO2. The fraction of sp³-hybridized carbons (Fsp3) is 0.923. The summed E-state index contributed by atoms with van der Waals surface area (Å²) in [5, 5.41) is 13.0. The lowest BCUT2D eigenvalue weighted by Crippen LogP contribution is -2.47. The van der Waals surface area contributed by atoms with Gasteiger partial charge in [-0.25, -0.2) is 0 Å². The number of rotatable bonds is 3. The van der Waals surface area contributed by atoms with Crippen LogP contribution in [0.2, 0.25) is 0 Å². The molecular weight excluding hydrogens is 202 g/mol. The maximum absolute atomic E-state index is 11.3. The molecule has 3 heteroatoms. The van der Waals surface area contributed by atoms with Crippen molar-refractivity contribution in [2.75, 3.05) is 0 Å². The van der Waals surface area contributed by atoms with Crippen LogP contribution in [0.1, 0.15) is 44.9 Å². The Morgan fingerprint density at radius 1 is 1.06 bits per heavy atom. The lowest BCUT2D eigenvalue weighted by atomic mass is 9.84. The molecule has 3 nitrogen and oxygen atoms in total. The predicted molar refractivity (Wildman–Crippen MR) is 61.1 cm³/mol. The maximum atomic E-state index is 11.3. The molecule has 2 bridgehead atoms. The van der Waals surface area contributed by atoms with E-state index in [-0.39, 0.29) is 12.0 Å². The minimum Gasteiger partial charge on any atom is -0.481 e. The molecule has 3 fully saturated rings. The molecule has 2 N–H and O–H groups in total. The summed E-state index contributed by atoms with van der Waals surface area (Å²) < 4.78 is 0. The maximum Gasteiger partial charge on any atom is 0.308 e. The van der Waals surface area contributed by atoms with E-state index in [4.69, 9.17) is 0 Å². The first-order valence-corrected chi connectivity index (χ1v) is 6.74. The third-order valence-electron chi connectivity index (χ3n) is 4.98. The fourth-order valence-electron chi connectivity index (χ4n) is 4.25. The Morgan fingerprint density at radius 3 is 2.44 bits per heavy atom. The summed E-state index contributed by atoms with van der Waals surface area (Å²) in [6.45, 7) is 0. The lowest BCUT2D eigenvalue weighted by molar-refractivity contribution is -0.144. The van der Waals surface area contributed by atoms with Gasteiger partial charge in [0.05, 0.1) is 5.92 Å². The molecule has 0 heterocycles. The zero-order chi connectivity index (χ0) is 11.1. The Bertz CT molecular complexity index is 286. The van der Waals surface area contributed by atoms with Crippen molar-refractivity contribution >= 4 is 5.97 Å². The molecule has 0 radical (unpaired) electrons. The van der Waals surface area contributed by atoms with Gasteiger partial charge in [-0.05, 0) is 43.9 Å². The van der Waals surface area contributed by atoms with Crippen molar-refractivity contribution in [1.82, 2.24) is 5.32 Å². The van der Waals surface area contributed by atoms with Crippen LogP contribution in [0.3, 0.4) is 0 Å². The summed E-state index contributed by atoms with van der Waals surface area (Å²) in [6, 6.07) is 0.880. The second-order valence-electron chi connectivity index (χ2n) is 5.87. The van der Waals surface area contributed by atoms with E-state index in [1.165, 1.54) is 32.1 Å². The molecule has 90 valence electrons. The second-order valence-corrected chi connectivity index (χ2v) is 5.87. The minimum absolute atomic E-state index is 0.0978. The Balaban J connectivity index is 1.69. The predicted octanol–water partition coefficient (Wildman–Crippen LogP) is 2.02. The molecule has 0 aromatic rings. The van der Waals surface area contributed by atoms with E-state index >= 15 is 0 Å². The molecule has 0 aliphatic heterocycles. The zero-order valence-corrected chi connectivity index (χ0v) is 9.69. The summed E-state index contributed by atoms with van der Waals surface area (Å²) in [6.07, 6.45) is 8.68. The first-order chi connectivity index (χ1) is 7.75. The van der Waals surface area contributed by atoms with Crippen LogP contribution in [0.4, 0.5) is 0 Å². The van der Waals surface area contributed by atoms with Gasteiger partial charge in [0, 0.05) is 12.1 Å². The highest BCUT2D eigenvalue weighted by Crippen LogP contribution is 2.49. The van der Waals surface area contributed by atoms with Crippen LogP contribution in [0.5, 0.6) is 0 Å². The van der Waals surface area contributed by atoms with Crippen molar-refractivity contribution in [3.05, 3.63) is 0 Å². The van der Waals surface area contributed by atoms with Gasteiger partial charge >= 0.3 is 5.97 Å². The molecule has 0 saturated heterocycles. The third-order valence-corrected chi connectivity index (χ3v) is 4.98. The highest BCUT2D eigenvalue weighted by Gasteiger charge is 2.51. The van der Waals surface area contributed by atoms with Gasteiger partial charge in [0.2, 0.25) is 0 Å². The number of nitrogens with one attached hydrogen (secondary N) is 1. The van der Waals surface area contributed by atoms with Crippen molar-refractivity contribution in [1.29, 1.82) is 0 Å². The number of carboxylic acids is 1. The first kappa shape index (κ1) is 10.6. The van der Waals surface area contributed by atoms with Gasteiger partial charge in [0.1, 0.15) is 0 Å². The molecule has 0 aromatic carbocycles. The Hall–Kier alpha value is -0.570. The number of carbonyl (C=O) groups is 1. The normalized spacial score (nSPS) is 43.0. The van der Waals surface area contributed by atoms with Crippen molar-refractivity contribution in [2.24, 2.45) is 17.8 Å². The molecule has 0 amide bonds. The summed E-state index contributed by atoms with van der Waals surface area (Å²) >= 11 is 0. The van der Waals surface area contributed by atoms with E-state index in [0.717, 1.165) is 12.8 Å². The van der Waals surface area contributed by atoms with E-state index in [0.29, 0.717) is 17.9 Å². The van der Waals surface area contributed by atoms with Crippen LogP contribution in [-0.2, 0) is 4.79 Å². The molecule has 3 rings (SSSR count). The van der Waals surface area contributed by atoms with Gasteiger partial charge in [0.25, 0.3) is 0 Å². The van der Waals surface area contributed by atoms with Crippen LogP contribution in [0, 0.1) is 17.8 Å². The van der Waals surface area contributed by atoms with Crippen LogP contribution in [-0.4, -0.2) is 23.2 Å². The van der Waals surface area contributed by atoms with E-state index in [2.05, 4.69) is 5.32 Å². The van der Waals surface area contributed by atoms with Gasteiger partial charge in [-0.3, -0.25) is 4.79 Å². The van der Waals surface area contributed by atoms with Gasteiger partial charge in [-0.1, -0.05) is 12.8 Å². The molecule has 3 aliphatic rings. The van der Waals surface area contributed by atoms with Crippen LogP contribution < -0.4 is 5.32 Å². The van der Waals surface area contributed by atoms with E-state index in [1.54, 1.807) is 0 Å². The number of hydrogen-bond acceptors (Lipinski definition) is 2. The largest absolute Gasteiger partial charge is 0.481 e. The fourth-order valence-corrected chi connectivity index (χ4v) is 4.25. The average molecular weight is 223 g/mol. The molecule has 16 heavy (non-hydrogen) atoms. The highest BCUT2D eigenvalue weighted by atomic mass is 16.4. The van der Waals surface area contributed by atoms with E-state index in [1.807, 2.05) is 0 Å². The second kappa shape index (κ2) is 4.02. The third kappa shape index (κ3) is 1.65. The van der Waals surface area contributed by atoms with Crippen molar-refractivity contribution in [3.63, 3.8) is 0 Å². The average Bonchev–Trinajstić information content (AvgIpc) is 2.90. The van der Waals surface area contributed by atoms with Gasteiger partial charge in [-0.2, -0.15) is 0 Å². The number of hydrogen-bond donors (Lipinski definition) is 2. The molecule has 4 atom stereocenters. The van der Waals surface area contributed by atoms with Crippen molar-refractivity contribution in [2.45, 2.75) is 57.0 Å². The zero-order valence-electron chi connectivity index (χ0n) is 9.69. The van der Waals surface area contributed by atoms with Gasteiger partial charge < -0.3 is 10.4 Å². The molecule has 4 unspecified atom stereocenters. The van der Waals surface area contributed by atoms with E-state index < -0.39 is 5.97 Å². The molecule has 0 aromatic heterocycles.